The molecule has 1 aromatic rings. The Hall–Kier alpha value is -1.37. The summed E-state index contributed by atoms with van der Waals surface area (Å²) < 4.78 is 0. The van der Waals surface area contributed by atoms with Gasteiger partial charge >= 0.3 is 0 Å². The lowest BCUT2D eigenvalue weighted by Crippen LogP contribution is -1.86. The van der Waals surface area contributed by atoms with Crippen LogP contribution in [-0.2, 0) is 4.79 Å². The molecule has 0 aliphatic rings. The molecule has 1 rings (SSSR count). The molecule has 0 aliphatic heterocycles. The van der Waals surface area contributed by atoms with E-state index in [9.17, 15) is 4.79 Å². The molecule has 0 aromatic heterocycles. The zero-order chi connectivity index (χ0) is 11.6. The SMILES string of the molecule is CCCCCC/C(=C\C=O)c1ccccc1. The number of benzene rings is 1. The molecule has 0 bridgehead atoms. The van der Waals surface area contributed by atoms with Crippen molar-refractivity contribution < 1.29 is 4.79 Å². The maximum atomic E-state index is 10.6. The van der Waals surface area contributed by atoms with Crippen molar-refractivity contribution in [1.82, 2.24) is 0 Å². The molecule has 0 radical (unpaired) electrons. The monoisotopic (exact) mass is 216 g/mol. The second kappa shape index (κ2) is 7.86. The van der Waals surface area contributed by atoms with Gasteiger partial charge in [-0.05, 0) is 30.1 Å². The van der Waals surface area contributed by atoms with Crippen LogP contribution >= 0.6 is 0 Å². The van der Waals surface area contributed by atoms with E-state index in [2.05, 4.69) is 19.1 Å². The minimum Gasteiger partial charge on any atom is -0.299 e. The summed E-state index contributed by atoms with van der Waals surface area (Å²) >= 11 is 0. The van der Waals surface area contributed by atoms with Gasteiger partial charge in [0.15, 0.2) is 0 Å². The van der Waals surface area contributed by atoms with Crippen LogP contribution in [0.5, 0.6) is 0 Å². The fourth-order valence-electron chi connectivity index (χ4n) is 1.80. The molecule has 16 heavy (non-hydrogen) atoms. The van der Waals surface area contributed by atoms with E-state index in [1.165, 1.54) is 31.2 Å². The van der Waals surface area contributed by atoms with Crippen molar-refractivity contribution >= 4 is 11.9 Å². The third-order valence-corrected chi connectivity index (χ3v) is 2.71. The van der Waals surface area contributed by atoms with Gasteiger partial charge in [-0.3, -0.25) is 4.79 Å². The van der Waals surface area contributed by atoms with Crippen molar-refractivity contribution in [2.75, 3.05) is 0 Å². The zero-order valence-corrected chi connectivity index (χ0v) is 9.99. The number of allylic oxidation sites excluding steroid dienone is 2. The van der Waals surface area contributed by atoms with Gasteiger partial charge in [-0.25, -0.2) is 0 Å². The summed E-state index contributed by atoms with van der Waals surface area (Å²) in [5.41, 5.74) is 2.33. The lowest BCUT2D eigenvalue weighted by Gasteiger charge is -2.06. The number of hydrogen-bond donors (Lipinski definition) is 0. The second-order valence-electron chi connectivity index (χ2n) is 4.00. The smallest absolute Gasteiger partial charge is 0.143 e. The third kappa shape index (κ3) is 4.43. The van der Waals surface area contributed by atoms with E-state index in [0.29, 0.717) is 0 Å². The minimum atomic E-state index is 0.891. The molecular formula is C15H20O. The predicted octanol–water partition coefficient (Wildman–Crippen LogP) is 4.24. The van der Waals surface area contributed by atoms with Crippen molar-refractivity contribution in [1.29, 1.82) is 0 Å². The van der Waals surface area contributed by atoms with Crippen LogP contribution < -0.4 is 0 Å². The van der Waals surface area contributed by atoms with Crippen LogP contribution in [0.15, 0.2) is 36.4 Å². The topological polar surface area (TPSA) is 17.1 Å². The highest BCUT2D eigenvalue weighted by molar-refractivity contribution is 5.81. The Morgan fingerprint density at radius 2 is 1.88 bits per heavy atom. The highest BCUT2D eigenvalue weighted by atomic mass is 16.1. The molecule has 0 unspecified atom stereocenters. The van der Waals surface area contributed by atoms with Gasteiger partial charge in [0.2, 0.25) is 0 Å². The average Bonchev–Trinajstić information content (AvgIpc) is 2.34. The third-order valence-electron chi connectivity index (χ3n) is 2.71. The van der Waals surface area contributed by atoms with Gasteiger partial charge in [0, 0.05) is 0 Å². The highest BCUT2D eigenvalue weighted by Gasteiger charge is 2.00. The maximum Gasteiger partial charge on any atom is 0.143 e. The Kier molecular flexibility index (Phi) is 6.24. The van der Waals surface area contributed by atoms with Crippen LogP contribution in [0.4, 0.5) is 0 Å². The molecule has 0 heterocycles. The Bertz CT molecular complexity index is 325. The summed E-state index contributed by atoms with van der Waals surface area (Å²) in [6.07, 6.45) is 8.54. The van der Waals surface area contributed by atoms with E-state index in [-0.39, 0.29) is 0 Å². The van der Waals surface area contributed by atoms with Crippen LogP contribution in [0.25, 0.3) is 5.57 Å². The van der Waals surface area contributed by atoms with Gasteiger partial charge in [0.25, 0.3) is 0 Å². The summed E-state index contributed by atoms with van der Waals surface area (Å²) in [7, 11) is 0. The van der Waals surface area contributed by atoms with E-state index in [1.807, 2.05) is 18.2 Å². The standard InChI is InChI=1S/C15H20O/c1-2-3-4-6-11-15(12-13-16)14-9-7-5-8-10-14/h5,7-10,12-13H,2-4,6,11H2,1H3/b15-12+. The van der Waals surface area contributed by atoms with Gasteiger partial charge in [-0.2, -0.15) is 0 Å². The van der Waals surface area contributed by atoms with Crippen molar-refractivity contribution in [3.05, 3.63) is 42.0 Å². The quantitative estimate of drug-likeness (QED) is 0.378. The summed E-state index contributed by atoms with van der Waals surface area (Å²) in [6.45, 7) is 2.21. The Balaban J connectivity index is 2.56. The van der Waals surface area contributed by atoms with E-state index >= 15 is 0 Å². The Morgan fingerprint density at radius 1 is 1.12 bits per heavy atom. The molecule has 0 amide bonds. The van der Waals surface area contributed by atoms with Crippen molar-refractivity contribution in [2.24, 2.45) is 0 Å². The van der Waals surface area contributed by atoms with Crippen molar-refractivity contribution in [2.45, 2.75) is 39.0 Å². The number of hydrogen-bond acceptors (Lipinski definition) is 1. The van der Waals surface area contributed by atoms with E-state index in [4.69, 9.17) is 0 Å². The highest BCUT2D eigenvalue weighted by Crippen LogP contribution is 2.20. The first kappa shape index (κ1) is 12.7. The van der Waals surface area contributed by atoms with Gasteiger partial charge in [0.05, 0.1) is 0 Å². The van der Waals surface area contributed by atoms with E-state index in [0.717, 1.165) is 18.3 Å². The molecule has 0 saturated carbocycles. The summed E-state index contributed by atoms with van der Waals surface area (Å²) in [6, 6.07) is 10.2. The maximum absolute atomic E-state index is 10.6. The first-order chi connectivity index (χ1) is 7.88. The van der Waals surface area contributed by atoms with E-state index in [1.54, 1.807) is 6.08 Å². The molecule has 0 aliphatic carbocycles. The summed E-state index contributed by atoms with van der Waals surface area (Å²) in [5.74, 6) is 0. The number of carbonyl (C=O) groups excluding carboxylic acids is 1. The molecule has 0 atom stereocenters. The van der Waals surface area contributed by atoms with Crippen molar-refractivity contribution in [3.63, 3.8) is 0 Å². The molecule has 0 fully saturated rings. The average molecular weight is 216 g/mol. The summed E-state index contributed by atoms with van der Waals surface area (Å²) in [4.78, 5) is 10.6. The van der Waals surface area contributed by atoms with Gasteiger partial charge in [-0.1, -0.05) is 56.5 Å². The summed E-state index contributed by atoms with van der Waals surface area (Å²) in [5, 5.41) is 0. The van der Waals surface area contributed by atoms with Gasteiger partial charge in [-0.15, -0.1) is 0 Å². The van der Waals surface area contributed by atoms with Crippen molar-refractivity contribution in [3.8, 4) is 0 Å². The van der Waals surface area contributed by atoms with Crippen LogP contribution in [0, 0.1) is 0 Å². The number of aldehydes is 1. The molecule has 86 valence electrons. The normalized spacial score (nSPS) is 11.4. The minimum absolute atomic E-state index is 0.891. The Labute approximate surface area is 98.2 Å². The van der Waals surface area contributed by atoms with Crippen LogP contribution in [0.1, 0.15) is 44.6 Å². The molecule has 0 saturated heterocycles. The largest absolute Gasteiger partial charge is 0.299 e. The number of rotatable bonds is 7. The van der Waals surface area contributed by atoms with Gasteiger partial charge in [0.1, 0.15) is 6.29 Å². The lowest BCUT2D eigenvalue weighted by molar-refractivity contribution is -0.104. The zero-order valence-electron chi connectivity index (χ0n) is 9.99. The number of unbranched alkanes of at least 4 members (excludes halogenated alkanes) is 3. The predicted molar refractivity (Wildman–Crippen MR) is 69.2 cm³/mol. The molecule has 1 nitrogen and oxygen atoms in total. The fourth-order valence-corrected chi connectivity index (χ4v) is 1.80. The van der Waals surface area contributed by atoms with Crippen LogP contribution in [0.3, 0.4) is 0 Å². The first-order valence-corrected chi connectivity index (χ1v) is 6.08. The molecule has 0 spiro atoms. The molecule has 1 aromatic carbocycles. The van der Waals surface area contributed by atoms with Crippen LogP contribution in [0.2, 0.25) is 0 Å². The van der Waals surface area contributed by atoms with E-state index < -0.39 is 0 Å². The molecule has 0 N–H and O–H groups in total. The van der Waals surface area contributed by atoms with Crippen LogP contribution in [-0.4, -0.2) is 6.29 Å². The number of carbonyl (C=O) groups is 1. The first-order valence-electron chi connectivity index (χ1n) is 6.08. The Morgan fingerprint density at radius 3 is 2.50 bits per heavy atom. The molecule has 1 heteroatoms. The fraction of sp³-hybridized carbons (Fsp3) is 0.400. The lowest BCUT2D eigenvalue weighted by atomic mass is 9.99. The van der Waals surface area contributed by atoms with Gasteiger partial charge < -0.3 is 0 Å². The second-order valence-corrected chi connectivity index (χ2v) is 4.00. The molecular weight excluding hydrogens is 196 g/mol.